The number of hydrogen-bond acceptors (Lipinski definition) is 4. The average Bonchev–Trinajstić information content (AvgIpc) is 3.20. The lowest BCUT2D eigenvalue weighted by atomic mass is 10.2. The van der Waals surface area contributed by atoms with Crippen molar-refractivity contribution in [3.05, 3.63) is 24.2 Å². The molecule has 6 nitrogen and oxygen atoms in total. The van der Waals surface area contributed by atoms with E-state index in [2.05, 4.69) is 0 Å². The van der Waals surface area contributed by atoms with Crippen LogP contribution >= 0.6 is 0 Å². The van der Waals surface area contributed by atoms with Crippen molar-refractivity contribution in [3.63, 3.8) is 0 Å². The van der Waals surface area contributed by atoms with E-state index in [1.807, 2.05) is 9.80 Å². The summed E-state index contributed by atoms with van der Waals surface area (Å²) in [5, 5.41) is 0. The summed E-state index contributed by atoms with van der Waals surface area (Å²) in [6.07, 6.45) is 5.38. The minimum atomic E-state index is -0.0407. The smallest absolute Gasteiger partial charge is 0.257 e. The first kappa shape index (κ1) is 14.1. The van der Waals surface area contributed by atoms with Crippen LogP contribution < -0.4 is 0 Å². The maximum absolute atomic E-state index is 12.4. The monoisotopic (exact) mass is 292 g/mol. The summed E-state index contributed by atoms with van der Waals surface area (Å²) in [4.78, 5) is 28.2. The normalized spacial score (nSPS) is 18.6. The van der Waals surface area contributed by atoms with E-state index in [1.54, 1.807) is 6.07 Å². The van der Waals surface area contributed by atoms with Gasteiger partial charge < -0.3 is 19.0 Å². The minimum Gasteiger partial charge on any atom is -0.472 e. The molecule has 0 spiro atoms. The van der Waals surface area contributed by atoms with Gasteiger partial charge in [-0.3, -0.25) is 9.59 Å². The number of hydrogen-bond donors (Lipinski definition) is 0. The molecule has 1 saturated heterocycles. The zero-order chi connectivity index (χ0) is 14.7. The number of amides is 2. The van der Waals surface area contributed by atoms with E-state index in [0.717, 1.165) is 12.8 Å². The molecule has 1 saturated carbocycles. The van der Waals surface area contributed by atoms with Crippen LogP contribution in [0.3, 0.4) is 0 Å². The molecule has 114 valence electrons. The van der Waals surface area contributed by atoms with E-state index in [0.29, 0.717) is 44.8 Å². The molecule has 2 amide bonds. The second kappa shape index (κ2) is 6.30. The molecule has 2 aliphatic rings. The molecular weight excluding hydrogens is 272 g/mol. The summed E-state index contributed by atoms with van der Waals surface area (Å²) in [7, 11) is 0. The number of rotatable bonds is 5. The van der Waals surface area contributed by atoms with Crippen LogP contribution in [0.4, 0.5) is 0 Å². The Morgan fingerprint density at radius 2 is 2.05 bits per heavy atom. The van der Waals surface area contributed by atoms with Crippen molar-refractivity contribution < 1.29 is 18.7 Å². The van der Waals surface area contributed by atoms with Gasteiger partial charge in [-0.05, 0) is 18.9 Å². The van der Waals surface area contributed by atoms with E-state index >= 15 is 0 Å². The highest BCUT2D eigenvalue weighted by Crippen LogP contribution is 2.28. The fraction of sp³-hybridized carbons (Fsp3) is 0.600. The van der Waals surface area contributed by atoms with Crippen LogP contribution in [0, 0.1) is 0 Å². The lowest BCUT2D eigenvalue weighted by Gasteiger charge is -2.28. The number of furan rings is 1. The molecule has 6 heteroatoms. The van der Waals surface area contributed by atoms with Gasteiger partial charge >= 0.3 is 0 Å². The van der Waals surface area contributed by atoms with Crippen LogP contribution in [0.5, 0.6) is 0 Å². The summed E-state index contributed by atoms with van der Waals surface area (Å²) in [6.45, 7) is 2.98. The highest BCUT2D eigenvalue weighted by atomic mass is 16.5. The van der Waals surface area contributed by atoms with Crippen LogP contribution in [-0.4, -0.2) is 60.5 Å². The Hall–Kier alpha value is -1.82. The number of morpholine rings is 1. The van der Waals surface area contributed by atoms with E-state index in [1.165, 1.54) is 12.5 Å². The molecule has 2 heterocycles. The molecule has 0 unspecified atom stereocenters. The first-order valence-electron chi connectivity index (χ1n) is 7.44. The van der Waals surface area contributed by atoms with Crippen molar-refractivity contribution in [1.29, 1.82) is 0 Å². The molecule has 0 N–H and O–H groups in total. The van der Waals surface area contributed by atoms with E-state index in [4.69, 9.17) is 9.15 Å². The summed E-state index contributed by atoms with van der Waals surface area (Å²) in [6, 6.07) is 1.95. The van der Waals surface area contributed by atoms with Crippen molar-refractivity contribution >= 4 is 11.8 Å². The Bertz CT molecular complexity index is 490. The van der Waals surface area contributed by atoms with Crippen LogP contribution in [0.2, 0.25) is 0 Å². The molecule has 0 radical (unpaired) electrons. The summed E-state index contributed by atoms with van der Waals surface area (Å²) < 4.78 is 10.2. The number of nitrogens with zero attached hydrogens (tertiary/aromatic N) is 2. The quantitative estimate of drug-likeness (QED) is 0.816. The third-order valence-electron chi connectivity index (χ3n) is 3.95. The van der Waals surface area contributed by atoms with Gasteiger partial charge in [0.2, 0.25) is 5.91 Å². The third kappa shape index (κ3) is 3.44. The molecular formula is C15H20N2O4. The Morgan fingerprint density at radius 1 is 1.29 bits per heavy atom. The molecule has 1 aliphatic carbocycles. The van der Waals surface area contributed by atoms with Gasteiger partial charge in [0.15, 0.2) is 0 Å². The molecule has 2 fully saturated rings. The fourth-order valence-corrected chi connectivity index (χ4v) is 2.58. The summed E-state index contributed by atoms with van der Waals surface area (Å²) >= 11 is 0. The second-order valence-corrected chi connectivity index (χ2v) is 5.48. The van der Waals surface area contributed by atoms with Gasteiger partial charge in [-0.25, -0.2) is 0 Å². The maximum Gasteiger partial charge on any atom is 0.257 e. The zero-order valence-corrected chi connectivity index (χ0v) is 12.0. The lowest BCUT2D eigenvalue weighted by Crippen LogP contribution is -2.43. The SMILES string of the molecule is O=C(CCN(C(=O)c1ccoc1)C1CC1)N1CCOCC1. The predicted molar refractivity (Wildman–Crippen MR) is 74.8 cm³/mol. The van der Waals surface area contributed by atoms with Crippen LogP contribution in [-0.2, 0) is 9.53 Å². The lowest BCUT2D eigenvalue weighted by molar-refractivity contribution is -0.135. The highest BCUT2D eigenvalue weighted by Gasteiger charge is 2.33. The first-order valence-corrected chi connectivity index (χ1v) is 7.44. The van der Waals surface area contributed by atoms with Crippen LogP contribution in [0.1, 0.15) is 29.6 Å². The zero-order valence-electron chi connectivity index (χ0n) is 12.0. The Morgan fingerprint density at radius 3 is 2.67 bits per heavy atom. The first-order chi connectivity index (χ1) is 10.3. The fourth-order valence-electron chi connectivity index (χ4n) is 2.58. The van der Waals surface area contributed by atoms with Gasteiger partial charge in [-0.15, -0.1) is 0 Å². The molecule has 1 aromatic rings. The predicted octanol–water partition coefficient (Wildman–Crippen LogP) is 1.13. The van der Waals surface area contributed by atoms with Gasteiger partial charge in [-0.2, -0.15) is 0 Å². The molecule has 0 bridgehead atoms. The van der Waals surface area contributed by atoms with Crippen molar-refractivity contribution in [3.8, 4) is 0 Å². The molecule has 21 heavy (non-hydrogen) atoms. The van der Waals surface area contributed by atoms with Gasteiger partial charge in [0.1, 0.15) is 6.26 Å². The summed E-state index contributed by atoms with van der Waals surface area (Å²) in [5.74, 6) is 0.0602. The number of carbonyl (C=O) groups excluding carboxylic acids is 2. The average molecular weight is 292 g/mol. The minimum absolute atomic E-state index is 0.0407. The van der Waals surface area contributed by atoms with Crippen molar-refractivity contribution in [2.75, 3.05) is 32.8 Å². The van der Waals surface area contributed by atoms with Crippen molar-refractivity contribution in [2.45, 2.75) is 25.3 Å². The molecule has 0 aromatic carbocycles. The number of ether oxygens (including phenoxy) is 1. The Balaban J connectivity index is 1.55. The van der Waals surface area contributed by atoms with Gasteiger partial charge in [0.25, 0.3) is 5.91 Å². The molecule has 0 atom stereocenters. The maximum atomic E-state index is 12.4. The van der Waals surface area contributed by atoms with Crippen LogP contribution in [0.25, 0.3) is 0 Å². The van der Waals surface area contributed by atoms with Gasteiger partial charge in [0, 0.05) is 32.1 Å². The molecule has 3 rings (SSSR count). The van der Waals surface area contributed by atoms with Gasteiger partial charge in [-0.1, -0.05) is 0 Å². The number of carbonyl (C=O) groups is 2. The summed E-state index contributed by atoms with van der Waals surface area (Å²) in [5.41, 5.74) is 0.556. The third-order valence-corrected chi connectivity index (χ3v) is 3.95. The Labute approximate surface area is 123 Å². The van der Waals surface area contributed by atoms with Crippen molar-refractivity contribution in [1.82, 2.24) is 9.80 Å². The largest absolute Gasteiger partial charge is 0.472 e. The van der Waals surface area contributed by atoms with Crippen molar-refractivity contribution in [2.24, 2.45) is 0 Å². The van der Waals surface area contributed by atoms with E-state index in [9.17, 15) is 9.59 Å². The second-order valence-electron chi connectivity index (χ2n) is 5.48. The van der Waals surface area contributed by atoms with E-state index < -0.39 is 0 Å². The molecule has 1 aliphatic heterocycles. The van der Waals surface area contributed by atoms with Crippen LogP contribution in [0.15, 0.2) is 23.0 Å². The van der Waals surface area contributed by atoms with Gasteiger partial charge in [0.05, 0.1) is 25.0 Å². The topological polar surface area (TPSA) is 63.0 Å². The molecule has 1 aromatic heterocycles. The Kier molecular flexibility index (Phi) is 4.24. The standard InChI is InChI=1S/C15H20N2O4/c18-14(16-6-9-20-10-7-16)3-5-17(13-1-2-13)15(19)12-4-8-21-11-12/h4,8,11,13H,1-3,5-7,9-10H2. The highest BCUT2D eigenvalue weighted by molar-refractivity contribution is 5.94. The van der Waals surface area contributed by atoms with E-state index in [-0.39, 0.29) is 17.9 Å².